The number of methoxy groups -OCH3 is 1. The van der Waals surface area contributed by atoms with Gasteiger partial charge >= 0.3 is 5.97 Å². The van der Waals surface area contributed by atoms with Crippen LogP contribution in [0.3, 0.4) is 0 Å². The number of ether oxygens (including phenoxy) is 1. The van der Waals surface area contributed by atoms with Gasteiger partial charge in [-0.1, -0.05) is 69.7 Å². The largest absolute Gasteiger partial charge is 0.469 e. The molecule has 4 unspecified atom stereocenters. The first kappa shape index (κ1) is 39.9. The zero-order valence-corrected chi connectivity index (χ0v) is 32.9. The number of rotatable bonds is 10. The Labute approximate surface area is 316 Å². The maximum Gasteiger partial charge on any atom is 0.311 e. The quantitative estimate of drug-likeness (QED) is 0.116. The molecule has 10 nitrogen and oxygen atoms in total. The Kier molecular flexibility index (Phi) is 10.8. The molecule has 1 aromatic carbocycles. The second kappa shape index (κ2) is 14.4. The number of amides is 2. The molecule has 0 saturated heterocycles. The van der Waals surface area contributed by atoms with Gasteiger partial charge in [0, 0.05) is 18.5 Å². The topological polar surface area (TPSA) is 171 Å². The minimum Gasteiger partial charge on any atom is -0.469 e. The van der Waals surface area contributed by atoms with Crippen molar-refractivity contribution >= 4 is 17.8 Å². The van der Waals surface area contributed by atoms with Gasteiger partial charge < -0.3 is 36.4 Å². The molecule has 0 spiro atoms. The first-order valence-electron chi connectivity index (χ1n) is 20.1. The maximum atomic E-state index is 14.5. The molecule has 0 aliphatic heterocycles. The Morgan fingerprint density at radius 3 is 2.28 bits per heavy atom. The molecule has 4 saturated carbocycles. The Balaban J connectivity index is 1.22. The number of carbonyl (C=O) groups is 3. The van der Waals surface area contributed by atoms with Crippen molar-refractivity contribution < 1.29 is 34.4 Å². The third-order valence-corrected chi connectivity index (χ3v) is 16.2. The molecule has 1 aromatic rings. The van der Waals surface area contributed by atoms with Crippen molar-refractivity contribution in [2.45, 2.75) is 123 Å². The molecule has 4 fully saturated rings. The number of nitrogens with two attached hydrogens (primary N) is 1. The van der Waals surface area contributed by atoms with Crippen LogP contribution in [0.5, 0.6) is 0 Å². The van der Waals surface area contributed by atoms with Gasteiger partial charge in [-0.05, 0) is 117 Å². The van der Waals surface area contributed by atoms with E-state index < -0.39 is 34.5 Å². The van der Waals surface area contributed by atoms with E-state index in [0.29, 0.717) is 58.0 Å². The molecule has 0 heterocycles. The second-order valence-electron chi connectivity index (χ2n) is 18.8. The van der Waals surface area contributed by atoms with Crippen LogP contribution in [-0.2, 0) is 25.5 Å². The molecule has 0 bridgehead atoms. The van der Waals surface area contributed by atoms with Gasteiger partial charge in [0.05, 0.1) is 42.8 Å². The molecular weight excluding hydrogens is 670 g/mol. The summed E-state index contributed by atoms with van der Waals surface area (Å²) < 4.78 is 5.35. The number of carbonyl (C=O) groups excluding carboxylic acids is 3. The first-order valence-corrected chi connectivity index (χ1v) is 20.1. The molecular formula is C43H65N3O7. The summed E-state index contributed by atoms with van der Waals surface area (Å²) in [6.07, 6.45) is 7.82. The van der Waals surface area contributed by atoms with Crippen LogP contribution in [0, 0.1) is 50.2 Å². The van der Waals surface area contributed by atoms with E-state index in [2.05, 4.69) is 37.5 Å². The number of hydrogen-bond donors (Lipinski definition) is 6. The van der Waals surface area contributed by atoms with Crippen LogP contribution < -0.4 is 16.4 Å². The summed E-state index contributed by atoms with van der Waals surface area (Å²) >= 11 is 0. The van der Waals surface area contributed by atoms with Gasteiger partial charge in [0.1, 0.15) is 0 Å². The Morgan fingerprint density at radius 2 is 1.60 bits per heavy atom. The SMILES string of the molecule is COC(=O)[C@@]1(C)CC[C@]2(C(=O)NCCCNC(=O)C(N)Cc3ccccc3)CC[C@]3(C)C(=CCC4[C@@]5(C)C[C@H](O)[C@H](O)[C@@](C)(CO)C5CC[C@]43C)C2C1. The minimum atomic E-state index is -0.972. The number of fused-ring (bicyclic) bond motifs is 7. The summed E-state index contributed by atoms with van der Waals surface area (Å²) in [7, 11) is 1.45. The van der Waals surface area contributed by atoms with E-state index in [4.69, 9.17) is 10.5 Å². The normalized spacial score (nSPS) is 42.4. The number of allylic oxidation sites excluding steroid dienone is 2. The predicted molar refractivity (Wildman–Crippen MR) is 203 cm³/mol. The zero-order valence-electron chi connectivity index (χ0n) is 32.9. The molecule has 53 heavy (non-hydrogen) atoms. The summed E-state index contributed by atoms with van der Waals surface area (Å²) in [5, 5.41) is 39.2. The molecule has 12 atom stereocenters. The molecule has 7 N–H and O–H groups in total. The van der Waals surface area contributed by atoms with E-state index in [0.717, 1.165) is 31.2 Å². The summed E-state index contributed by atoms with van der Waals surface area (Å²) in [5.74, 6) is -0.283. The highest BCUT2D eigenvalue weighted by Crippen LogP contribution is 2.75. The van der Waals surface area contributed by atoms with Crippen molar-refractivity contribution in [1.82, 2.24) is 10.6 Å². The van der Waals surface area contributed by atoms with Gasteiger partial charge in [-0.2, -0.15) is 0 Å². The molecule has 0 radical (unpaired) electrons. The van der Waals surface area contributed by atoms with Crippen molar-refractivity contribution in [2.24, 2.45) is 56.0 Å². The fourth-order valence-corrected chi connectivity index (χ4v) is 12.8. The number of hydrogen-bond acceptors (Lipinski definition) is 8. The Morgan fingerprint density at radius 1 is 0.925 bits per heavy atom. The molecule has 5 aliphatic rings. The van der Waals surface area contributed by atoms with Crippen LogP contribution in [0.15, 0.2) is 42.0 Å². The van der Waals surface area contributed by atoms with Crippen LogP contribution in [0.2, 0.25) is 0 Å². The van der Waals surface area contributed by atoms with Crippen LogP contribution >= 0.6 is 0 Å². The van der Waals surface area contributed by atoms with Crippen LogP contribution in [0.25, 0.3) is 0 Å². The van der Waals surface area contributed by atoms with Crippen molar-refractivity contribution in [3.63, 3.8) is 0 Å². The van der Waals surface area contributed by atoms with E-state index >= 15 is 0 Å². The van der Waals surface area contributed by atoms with Gasteiger partial charge in [-0.15, -0.1) is 0 Å². The van der Waals surface area contributed by atoms with E-state index in [1.165, 1.54) is 12.7 Å². The lowest BCUT2D eigenvalue weighted by Gasteiger charge is -2.71. The van der Waals surface area contributed by atoms with Crippen molar-refractivity contribution in [3.05, 3.63) is 47.5 Å². The summed E-state index contributed by atoms with van der Waals surface area (Å²) in [5.41, 5.74) is 5.61. The lowest BCUT2D eigenvalue weighted by molar-refractivity contribution is -0.243. The summed E-state index contributed by atoms with van der Waals surface area (Å²) in [6, 6.07) is 9.05. The highest BCUT2D eigenvalue weighted by Gasteiger charge is 2.71. The number of benzene rings is 1. The monoisotopic (exact) mass is 735 g/mol. The number of aliphatic hydroxyl groups excluding tert-OH is 3. The maximum absolute atomic E-state index is 14.5. The summed E-state index contributed by atoms with van der Waals surface area (Å²) in [6.45, 7) is 11.6. The lowest BCUT2D eigenvalue weighted by atomic mass is 9.33. The van der Waals surface area contributed by atoms with E-state index in [1.807, 2.05) is 44.2 Å². The number of esters is 1. The van der Waals surface area contributed by atoms with Crippen LogP contribution in [-0.4, -0.2) is 78.2 Å². The molecule has 10 heteroatoms. The number of nitrogens with one attached hydrogen (secondary N) is 2. The highest BCUT2D eigenvalue weighted by molar-refractivity contribution is 5.85. The molecule has 2 amide bonds. The van der Waals surface area contributed by atoms with Gasteiger partial charge in [0.25, 0.3) is 0 Å². The third-order valence-electron chi connectivity index (χ3n) is 16.2. The van der Waals surface area contributed by atoms with Crippen molar-refractivity contribution in [1.29, 1.82) is 0 Å². The highest BCUT2D eigenvalue weighted by atomic mass is 16.5. The molecule has 5 aliphatic carbocycles. The van der Waals surface area contributed by atoms with Gasteiger partial charge in [-0.3, -0.25) is 14.4 Å². The Hall–Kier alpha value is -2.79. The number of aliphatic hydroxyl groups is 3. The molecule has 294 valence electrons. The van der Waals surface area contributed by atoms with Gasteiger partial charge in [0.2, 0.25) is 11.8 Å². The fourth-order valence-electron chi connectivity index (χ4n) is 12.8. The average molecular weight is 736 g/mol. The minimum absolute atomic E-state index is 0.0236. The lowest BCUT2D eigenvalue weighted by Crippen LogP contribution is -2.68. The predicted octanol–water partition coefficient (Wildman–Crippen LogP) is 4.44. The standard InChI is InChI=1S/C43H65N3O7/c1-38(37(52)53-6)17-19-43(36(51)46-22-10-21-45-35(50)30(44)23-27-11-8-7-9-12-27)20-18-41(4)28(29(43)24-38)13-14-33-39(2)25-31(48)34(49)40(3,26-47)32(39)15-16-42(33,41)5/h7-9,11-13,29-34,47-49H,10,14-26,44H2,1-6H3,(H,45,50)(H,46,51)/t29?,30?,31-,32?,33?,34-,38-,39-,40-,41+,42+,43-/m0/s1. The zero-order chi connectivity index (χ0) is 38.6. The van der Waals surface area contributed by atoms with E-state index in [9.17, 15) is 29.7 Å². The van der Waals surface area contributed by atoms with E-state index in [-0.39, 0.29) is 58.4 Å². The van der Waals surface area contributed by atoms with Crippen LogP contribution in [0.4, 0.5) is 0 Å². The smallest absolute Gasteiger partial charge is 0.311 e. The first-order chi connectivity index (χ1) is 25.0. The average Bonchev–Trinajstić information content (AvgIpc) is 3.13. The third kappa shape index (κ3) is 6.27. The van der Waals surface area contributed by atoms with Crippen molar-refractivity contribution in [3.8, 4) is 0 Å². The van der Waals surface area contributed by atoms with E-state index in [1.54, 1.807) is 0 Å². The second-order valence-corrected chi connectivity index (χ2v) is 18.8. The van der Waals surface area contributed by atoms with Crippen molar-refractivity contribution in [2.75, 3.05) is 26.8 Å². The summed E-state index contributed by atoms with van der Waals surface area (Å²) in [4.78, 5) is 40.5. The Bertz CT molecular complexity index is 1590. The van der Waals surface area contributed by atoms with Gasteiger partial charge in [0.15, 0.2) is 0 Å². The van der Waals surface area contributed by atoms with Crippen LogP contribution in [0.1, 0.15) is 104 Å². The molecule has 6 rings (SSSR count). The molecule has 0 aromatic heterocycles. The van der Waals surface area contributed by atoms with Gasteiger partial charge in [-0.25, -0.2) is 0 Å². The fraction of sp³-hybridized carbons (Fsp3) is 0.744.